The van der Waals surface area contributed by atoms with Crippen LogP contribution in [0.1, 0.15) is 67.2 Å². The van der Waals surface area contributed by atoms with Crippen LogP contribution in [0.15, 0.2) is 0 Å². The first-order chi connectivity index (χ1) is 9.81. The van der Waals surface area contributed by atoms with Crippen LogP contribution in [0, 0.1) is 11.3 Å². The number of Topliss-reactive ketones (excluding diaryl/α,β-unsaturated/α-hetero) is 2. The van der Waals surface area contributed by atoms with Gasteiger partial charge >= 0.3 is 0 Å². The molecule has 22 heavy (non-hydrogen) atoms. The van der Waals surface area contributed by atoms with E-state index in [-0.39, 0.29) is 22.8 Å². The van der Waals surface area contributed by atoms with Crippen LogP contribution in [0.2, 0.25) is 18.1 Å². The van der Waals surface area contributed by atoms with Crippen molar-refractivity contribution >= 4 is 19.9 Å². The third-order valence-electron chi connectivity index (χ3n) is 6.10. The molecule has 0 aromatic rings. The van der Waals surface area contributed by atoms with Crippen molar-refractivity contribution in [3.8, 4) is 0 Å². The highest BCUT2D eigenvalue weighted by Gasteiger charge is 2.48. The van der Waals surface area contributed by atoms with E-state index in [1.54, 1.807) is 6.92 Å². The molecule has 1 aliphatic rings. The van der Waals surface area contributed by atoms with Crippen molar-refractivity contribution in [3.63, 3.8) is 0 Å². The van der Waals surface area contributed by atoms with Gasteiger partial charge in [-0.1, -0.05) is 34.6 Å². The molecular formula is C18H34O3Si. The van der Waals surface area contributed by atoms with Gasteiger partial charge in [0.1, 0.15) is 11.6 Å². The van der Waals surface area contributed by atoms with Gasteiger partial charge in [0, 0.05) is 24.4 Å². The summed E-state index contributed by atoms with van der Waals surface area (Å²) in [7, 11) is -1.84. The van der Waals surface area contributed by atoms with Gasteiger partial charge in [0.05, 0.1) is 0 Å². The molecule has 0 aromatic carbocycles. The molecule has 0 saturated heterocycles. The van der Waals surface area contributed by atoms with Crippen molar-refractivity contribution in [2.75, 3.05) is 0 Å². The summed E-state index contributed by atoms with van der Waals surface area (Å²) >= 11 is 0. The minimum Gasteiger partial charge on any atom is -0.414 e. The maximum Gasteiger partial charge on any atom is 0.192 e. The van der Waals surface area contributed by atoms with Crippen LogP contribution < -0.4 is 0 Å². The van der Waals surface area contributed by atoms with Crippen LogP contribution in [0.4, 0.5) is 0 Å². The van der Waals surface area contributed by atoms with Gasteiger partial charge in [-0.2, -0.15) is 0 Å². The molecule has 1 saturated carbocycles. The third kappa shape index (κ3) is 4.08. The molecule has 4 heteroatoms. The summed E-state index contributed by atoms with van der Waals surface area (Å²) in [6.45, 7) is 17.0. The Morgan fingerprint density at radius 2 is 1.91 bits per heavy atom. The minimum absolute atomic E-state index is 0.135. The molecule has 1 aliphatic carbocycles. The summed E-state index contributed by atoms with van der Waals surface area (Å²) in [6.07, 6.45) is 2.68. The molecular weight excluding hydrogens is 292 g/mol. The van der Waals surface area contributed by atoms with E-state index in [1.807, 2.05) is 6.92 Å². The van der Waals surface area contributed by atoms with Crippen molar-refractivity contribution in [1.29, 1.82) is 0 Å². The minimum atomic E-state index is -1.84. The summed E-state index contributed by atoms with van der Waals surface area (Å²) in [5.41, 5.74) is -0.420. The lowest BCUT2D eigenvalue weighted by Gasteiger charge is -2.48. The Bertz CT molecular complexity index is 436. The van der Waals surface area contributed by atoms with Crippen molar-refractivity contribution in [2.24, 2.45) is 11.3 Å². The molecule has 0 amide bonds. The summed E-state index contributed by atoms with van der Waals surface area (Å²) in [4.78, 5) is 23.8. The topological polar surface area (TPSA) is 43.4 Å². The van der Waals surface area contributed by atoms with E-state index in [2.05, 4.69) is 40.8 Å². The largest absolute Gasteiger partial charge is 0.414 e. The molecule has 0 aliphatic heterocycles. The SMILES string of the molecule is CC(=O)CC[C@@]1(C)C(=O)CCC(O[Si](C)(C)C(C)(C)C)[C@@H]1C. The summed E-state index contributed by atoms with van der Waals surface area (Å²) in [5.74, 6) is 0.632. The van der Waals surface area contributed by atoms with E-state index < -0.39 is 13.7 Å². The van der Waals surface area contributed by atoms with Crippen LogP contribution in [-0.4, -0.2) is 26.0 Å². The second-order valence-corrected chi connectivity index (χ2v) is 13.5. The second-order valence-electron chi connectivity index (χ2n) is 8.79. The lowest BCUT2D eigenvalue weighted by Crippen LogP contribution is -2.52. The van der Waals surface area contributed by atoms with Gasteiger partial charge in [-0.15, -0.1) is 0 Å². The molecule has 0 heterocycles. The van der Waals surface area contributed by atoms with E-state index in [0.717, 1.165) is 6.42 Å². The Morgan fingerprint density at radius 3 is 2.36 bits per heavy atom. The highest BCUT2D eigenvalue weighted by molar-refractivity contribution is 6.74. The van der Waals surface area contributed by atoms with Gasteiger partial charge in [0.2, 0.25) is 0 Å². The predicted molar refractivity (Wildman–Crippen MR) is 93.5 cm³/mol. The molecule has 1 fully saturated rings. The smallest absolute Gasteiger partial charge is 0.192 e. The van der Waals surface area contributed by atoms with E-state index in [0.29, 0.717) is 25.0 Å². The number of ketones is 2. The Kier molecular flexibility index (Phi) is 5.83. The molecule has 1 unspecified atom stereocenters. The van der Waals surface area contributed by atoms with Crippen LogP contribution in [0.5, 0.6) is 0 Å². The zero-order chi connectivity index (χ0) is 17.3. The third-order valence-corrected chi connectivity index (χ3v) is 10.6. The zero-order valence-corrected chi connectivity index (χ0v) is 16.7. The molecule has 0 aromatic heterocycles. The summed E-state index contributed by atoms with van der Waals surface area (Å²) < 4.78 is 6.61. The summed E-state index contributed by atoms with van der Waals surface area (Å²) in [6, 6.07) is 0. The number of hydrogen-bond acceptors (Lipinski definition) is 3. The monoisotopic (exact) mass is 326 g/mol. The van der Waals surface area contributed by atoms with Gasteiger partial charge in [-0.3, -0.25) is 4.79 Å². The van der Waals surface area contributed by atoms with Crippen LogP contribution in [-0.2, 0) is 14.0 Å². The van der Waals surface area contributed by atoms with E-state index >= 15 is 0 Å². The fraction of sp³-hybridized carbons (Fsp3) is 0.889. The molecule has 128 valence electrons. The van der Waals surface area contributed by atoms with Crippen LogP contribution in [0.25, 0.3) is 0 Å². The highest BCUT2D eigenvalue weighted by atomic mass is 28.4. The lowest BCUT2D eigenvalue weighted by molar-refractivity contribution is -0.140. The Balaban J connectivity index is 2.92. The Morgan fingerprint density at radius 1 is 1.36 bits per heavy atom. The van der Waals surface area contributed by atoms with Crippen molar-refractivity contribution in [1.82, 2.24) is 0 Å². The Hall–Kier alpha value is -0.483. The van der Waals surface area contributed by atoms with E-state index in [4.69, 9.17) is 4.43 Å². The van der Waals surface area contributed by atoms with Gasteiger partial charge in [-0.25, -0.2) is 0 Å². The quantitative estimate of drug-likeness (QED) is 0.685. The second kappa shape index (κ2) is 6.56. The van der Waals surface area contributed by atoms with Gasteiger partial charge < -0.3 is 9.22 Å². The fourth-order valence-corrected chi connectivity index (χ4v) is 4.42. The average Bonchev–Trinajstić information content (AvgIpc) is 2.36. The van der Waals surface area contributed by atoms with Gasteiger partial charge in [0.15, 0.2) is 8.32 Å². The molecule has 1 rings (SSSR count). The first-order valence-electron chi connectivity index (χ1n) is 8.52. The normalized spacial score (nSPS) is 30.5. The first-order valence-corrected chi connectivity index (χ1v) is 11.4. The number of carbonyl (C=O) groups excluding carboxylic acids is 2. The van der Waals surface area contributed by atoms with Gasteiger partial charge in [-0.05, 0) is 43.8 Å². The van der Waals surface area contributed by atoms with Crippen molar-refractivity contribution in [2.45, 2.75) is 91.5 Å². The molecule has 0 radical (unpaired) electrons. The van der Waals surface area contributed by atoms with E-state index in [1.165, 1.54) is 0 Å². The average molecular weight is 327 g/mol. The molecule has 0 bridgehead atoms. The molecule has 0 spiro atoms. The zero-order valence-electron chi connectivity index (χ0n) is 15.7. The lowest BCUT2D eigenvalue weighted by atomic mass is 9.64. The highest BCUT2D eigenvalue weighted by Crippen LogP contribution is 2.46. The maximum absolute atomic E-state index is 12.5. The van der Waals surface area contributed by atoms with E-state index in [9.17, 15) is 9.59 Å². The predicted octanol–water partition coefficient (Wildman–Crippen LogP) is 4.75. The maximum atomic E-state index is 12.5. The number of rotatable bonds is 5. The Labute approximate surface area is 137 Å². The molecule has 3 atom stereocenters. The number of hydrogen-bond donors (Lipinski definition) is 0. The first kappa shape index (κ1) is 19.6. The summed E-state index contributed by atoms with van der Waals surface area (Å²) in [5, 5.41) is 0.171. The van der Waals surface area contributed by atoms with Crippen molar-refractivity contribution in [3.05, 3.63) is 0 Å². The number of carbonyl (C=O) groups is 2. The molecule has 3 nitrogen and oxygen atoms in total. The van der Waals surface area contributed by atoms with Crippen molar-refractivity contribution < 1.29 is 14.0 Å². The van der Waals surface area contributed by atoms with Gasteiger partial charge in [0.25, 0.3) is 0 Å². The van der Waals surface area contributed by atoms with Crippen LogP contribution in [0.3, 0.4) is 0 Å². The fourth-order valence-electron chi connectivity index (χ4n) is 2.99. The van der Waals surface area contributed by atoms with Crippen LogP contribution >= 0.6 is 0 Å². The molecule has 0 N–H and O–H groups in total. The standard InChI is InChI=1S/C18H34O3Si/c1-13(19)11-12-18(6)14(2)15(9-10-16(18)20)21-22(7,8)17(3,4)5/h14-15H,9-12H2,1-8H3/t14-,15?,18+/m0/s1.